The third kappa shape index (κ3) is 3.11. The number of hydrogen-bond donors (Lipinski definition) is 0. The molecule has 0 aromatic heterocycles. The second-order valence-electron chi connectivity index (χ2n) is 4.61. The molecule has 1 aliphatic rings. The minimum Gasteiger partial charge on any atom is -0.490 e. The fraction of sp³-hybridized carbons (Fsp3) is 0.188. The van der Waals surface area contributed by atoms with Gasteiger partial charge in [0.25, 0.3) is 5.91 Å². The van der Waals surface area contributed by atoms with Crippen LogP contribution in [0.1, 0.15) is 0 Å². The van der Waals surface area contributed by atoms with Crippen LogP contribution >= 0.6 is 11.6 Å². The topological polar surface area (TPSA) is 38.8 Å². The van der Waals surface area contributed by atoms with Crippen molar-refractivity contribution in [3.63, 3.8) is 0 Å². The normalized spacial score (nSPS) is 13.3. The molecular weight excluding hydrogens is 290 g/mol. The Bertz CT molecular complexity index is 645. The molecule has 1 heterocycles. The lowest BCUT2D eigenvalue weighted by atomic mass is 10.2. The first-order chi connectivity index (χ1) is 10.2. The number of nitrogens with zero attached hydrogens (tertiary/aromatic N) is 1. The van der Waals surface area contributed by atoms with E-state index >= 15 is 0 Å². The fourth-order valence-electron chi connectivity index (χ4n) is 2.19. The highest BCUT2D eigenvalue weighted by Gasteiger charge is 2.24. The summed E-state index contributed by atoms with van der Waals surface area (Å²) in [7, 11) is 0. The summed E-state index contributed by atoms with van der Waals surface area (Å²) in [4.78, 5) is 14.0. The number of benzene rings is 2. The molecule has 0 saturated heterocycles. The van der Waals surface area contributed by atoms with E-state index in [1.54, 1.807) is 23.1 Å². The van der Waals surface area contributed by atoms with E-state index < -0.39 is 0 Å². The second-order valence-corrected chi connectivity index (χ2v) is 5.04. The van der Waals surface area contributed by atoms with E-state index in [1.807, 2.05) is 30.3 Å². The monoisotopic (exact) mass is 303 g/mol. The van der Waals surface area contributed by atoms with Crippen molar-refractivity contribution in [3.05, 3.63) is 53.6 Å². The van der Waals surface area contributed by atoms with Gasteiger partial charge in [0.2, 0.25) is 0 Å². The predicted octanol–water partition coefficient (Wildman–Crippen LogP) is 3.14. The Hall–Kier alpha value is -2.20. The van der Waals surface area contributed by atoms with Gasteiger partial charge in [-0.1, -0.05) is 29.8 Å². The Morgan fingerprint density at radius 1 is 1.24 bits per heavy atom. The van der Waals surface area contributed by atoms with Crippen molar-refractivity contribution >= 4 is 23.2 Å². The van der Waals surface area contributed by atoms with Gasteiger partial charge in [-0.2, -0.15) is 0 Å². The number of amides is 1. The molecule has 2 aromatic rings. The maximum atomic E-state index is 12.3. The highest BCUT2D eigenvalue weighted by molar-refractivity contribution is 6.31. The maximum absolute atomic E-state index is 12.3. The molecule has 0 radical (unpaired) electrons. The minimum absolute atomic E-state index is 0.0179. The number of ether oxygens (including phenoxy) is 2. The van der Waals surface area contributed by atoms with E-state index in [1.165, 1.54) is 0 Å². The SMILES string of the molecule is O=C(COc1ccccc1)N1CCOc2ccc(Cl)cc21. The molecule has 108 valence electrons. The van der Waals surface area contributed by atoms with Crippen LogP contribution in [-0.4, -0.2) is 25.7 Å². The highest BCUT2D eigenvalue weighted by atomic mass is 35.5. The van der Waals surface area contributed by atoms with Crippen LogP contribution in [0.15, 0.2) is 48.5 Å². The molecule has 21 heavy (non-hydrogen) atoms. The van der Waals surface area contributed by atoms with Crippen molar-refractivity contribution in [2.45, 2.75) is 0 Å². The molecule has 3 rings (SSSR count). The van der Waals surface area contributed by atoms with Crippen molar-refractivity contribution in [1.29, 1.82) is 0 Å². The third-order valence-electron chi connectivity index (χ3n) is 3.19. The first kappa shape index (κ1) is 13.8. The largest absolute Gasteiger partial charge is 0.490 e. The lowest BCUT2D eigenvalue weighted by Gasteiger charge is -2.29. The fourth-order valence-corrected chi connectivity index (χ4v) is 2.36. The molecule has 0 fully saturated rings. The number of rotatable bonds is 3. The van der Waals surface area contributed by atoms with Gasteiger partial charge in [0, 0.05) is 5.02 Å². The van der Waals surface area contributed by atoms with Gasteiger partial charge in [0.1, 0.15) is 18.1 Å². The third-order valence-corrected chi connectivity index (χ3v) is 3.43. The molecule has 0 aliphatic carbocycles. The van der Waals surface area contributed by atoms with Crippen LogP contribution in [-0.2, 0) is 4.79 Å². The van der Waals surface area contributed by atoms with Crippen molar-refractivity contribution in [3.8, 4) is 11.5 Å². The van der Waals surface area contributed by atoms with Crippen LogP contribution in [0, 0.1) is 0 Å². The molecule has 0 unspecified atom stereocenters. The number of carbonyl (C=O) groups is 1. The Kier molecular flexibility index (Phi) is 3.97. The van der Waals surface area contributed by atoms with Crippen LogP contribution in [0.2, 0.25) is 5.02 Å². The van der Waals surface area contributed by atoms with Crippen molar-refractivity contribution < 1.29 is 14.3 Å². The van der Waals surface area contributed by atoms with Gasteiger partial charge in [-0.3, -0.25) is 4.79 Å². The molecule has 4 nitrogen and oxygen atoms in total. The van der Waals surface area contributed by atoms with Gasteiger partial charge in [-0.05, 0) is 30.3 Å². The van der Waals surface area contributed by atoms with Crippen LogP contribution in [0.5, 0.6) is 11.5 Å². The standard InChI is InChI=1S/C16H14ClNO3/c17-12-6-7-15-14(10-12)18(8-9-20-15)16(19)11-21-13-4-2-1-3-5-13/h1-7,10H,8-9,11H2. The lowest BCUT2D eigenvalue weighted by molar-refractivity contribution is -0.120. The Labute approximate surface area is 127 Å². The van der Waals surface area contributed by atoms with E-state index in [0.29, 0.717) is 35.4 Å². The van der Waals surface area contributed by atoms with Gasteiger partial charge in [-0.25, -0.2) is 0 Å². The Morgan fingerprint density at radius 2 is 2.05 bits per heavy atom. The maximum Gasteiger partial charge on any atom is 0.265 e. The van der Waals surface area contributed by atoms with Crippen LogP contribution in [0.25, 0.3) is 0 Å². The van der Waals surface area contributed by atoms with E-state index in [-0.39, 0.29) is 12.5 Å². The van der Waals surface area contributed by atoms with E-state index in [9.17, 15) is 4.79 Å². The molecule has 1 amide bonds. The summed E-state index contributed by atoms with van der Waals surface area (Å²) >= 11 is 5.99. The summed E-state index contributed by atoms with van der Waals surface area (Å²) in [5.74, 6) is 1.22. The minimum atomic E-state index is -0.120. The summed E-state index contributed by atoms with van der Waals surface area (Å²) < 4.78 is 11.0. The number of carbonyl (C=O) groups excluding carboxylic acids is 1. The molecular formula is C16H14ClNO3. The van der Waals surface area contributed by atoms with Crippen molar-refractivity contribution in [2.24, 2.45) is 0 Å². The van der Waals surface area contributed by atoms with Gasteiger partial charge < -0.3 is 14.4 Å². The van der Waals surface area contributed by atoms with Gasteiger partial charge in [0.05, 0.1) is 12.2 Å². The summed E-state index contributed by atoms with van der Waals surface area (Å²) in [5, 5.41) is 0.570. The molecule has 0 spiro atoms. The zero-order valence-electron chi connectivity index (χ0n) is 11.3. The first-order valence-corrected chi connectivity index (χ1v) is 7.02. The molecule has 0 bridgehead atoms. The number of fused-ring (bicyclic) bond motifs is 1. The van der Waals surface area contributed by atoms with Crippen LogP contribution in [0.3, 0.4) is 0 Å². The van der Waals surface area contributed by atoms with Crippen LogP contribution in [0.4, 0.5) is 5.69 Å². The quantitative estimate of drug-likeness (QED) is 0.874. The molecule has 2 aromatic carbocycles. The van der Waals surface area contributed by atoms with E-state index in [0.717, 1.165) is 0 Å². The zero-order chi connectivity index (χ0) is 14.7. The van der Waals surface area contributed by atoms with Gasteiger partial charge in [-0.15, -0.1) is 0 Å². The number of halogens is 1. The number of hydrogen-bond acceptors (Lipinski definition) is 3. The predicted molar refractivity (Wildman–Crippen MR) is 81.2 cm³/mol. The van der Waals surface area contributed by atoms with E-state index in [4.69, 9.17) is 21.1 Å². The average Bonchev–Trinajstić information content (AvgIpc) is 2.53. The highest BCUT2D eigenvalue weighted by Crippen LogP contribution is 2.34. The Balaban J connectivity index is 1.73. The van der Waals surface area contributed by atoms with Gasteiger partial charge >= 0.3 is 0 Å². The molecule has 0 atom stereocenters. The zero-order valence-corrected chi connectivity index (χ0v) is 12.0. The number of anilines is 1. The van der Waals surface area contributed by atoms with Crippen molar-refractivity contribution in [1.82, 2.24) is 0 Å². The summed E-state index contributed by atoms with van der Waals surface area (Å²) in [5.41, 5.74) is 0.690. The first-order valence-electron chi connectivity index (χ1n) is 6.64. The molecule has 0 saturated carbocycles. The molecule has 5 heteroatoms. The Morgan fingerprint density at radius 3 is 2.86 bits per heavy atom. The molecule has 0 N–H and O–H groups in total. The summed E-state index contributed by atoms with van der Waals surface area (Å²) in [6.45, 7) is 0.937. The number of para-hydroxylation sites is 1. The lowest BCUT2D eigenvalue weighted by Crippen LogP contribution is -2.40. The van der Waals surface area contributed by atoms with Gasteiger partial charge in [0.15, 0.2) is 6.61 Å². The summed E-state index contributed by atoms with van der Waals surface area (Å²) in [6, 6.07) is 14.5. The smallest absolute Gasteiger partial charge is 0.265 e. The summed E-state index contributed by atoms with van der Waals surface area (Å²) in [6.07, 6.45) is 0. The molecule has 1 aliphatic heterocycles. The van der Waals surface area contributed by atoms with E-state index in [2.05, 4.69) is 0 Å². The van der Waals surface area contributed by atoms with Crippen LogP contribution < -0.4 is 14.4 Å². The van der Waals surface area contributed by atoms with Crippen molar-refractivity contribution in [2.75, 3.05) is 24.7 Å². The average molecular weight is 304 g/mol. The second kappa shape index (κ2) is 6.06.